The lowest BCUT2D eigenvalue weighted by atomic mass is 10.0. The second-order valence-electron chi connectivity index (χ2n) is 8.89. The minimum atomic E-state index is -0.625. The lowest BCUT2D eigenvalue weighted by Crippen LogP contribution is -2.28. The van der Waals surface area contributed by atoms with Crippen molar-refractivity contribution in [1.82, 2.24) is 14.8 Å². The summed E-state index contributed by atoms with van der Waals surface area (Å²) in [5, 5.41) is 14.3. The number of nitrogens with one attached hydrogen (secondary N) is 1. The summed E-state index contributed by atoms with van der Waals surface area (Å²) in [6.45, 7) is 7.59. The molecule has 3 aromatic rings. The van der Waals surface area contributed by atoms with Crippen LogP contribution < -0.4 is 16.0 Å². The Morgan fingerprint density at radius 3 is 2.74 bits per heavy atom. The van der Waals surface area contributed by atoms with Crippen LogP contribution in [0.5, 0.6) is 0 Å². The topological polar surface area (TPSA) is 113 Å². The van der Waals surface area contributed by atoms with E-state index in [2.05, 4.69) is 33.8 Å². The molecule has 1 atom stereocenters. The van der Waals surface area contributed by atoms with Gasteiger partial charge in [0.05, 0.1) is 12.2 Å². The zero-order valence-corrected chi connectivity index (χ0v) is 20.2. The third kappa shape index (κ3) is 5.27. The van der Waals surface area contributed by atoms with Crippen molar-refractivity contribution in [3.05, 3.63) is 41.7 Å². The summed E-state index contributed by atoms with van der Waals surface area (Å²) in [7, 11) is 0. The lowest BCUT2D eigenvalue weighted by Gasteiger charge is -2.25. The van der Waals surface area contributed by atoms with Crippen molar-refractivity contribution < 1.29 is 13.6 Å². The van der Waals surface area contributed by atoms with Crippen molar-refractivity contribution in [2.45, 2.75) is 45.1 Å². The molecule has 8 nitrogen and oxygen atoms in total. The molecule has 1 aliphatic heterocycles. The number of benzene rings is 1. The van der Waals surface area contributed by atoms with Crippen LogP contribution in [0.4, 0.5) is 25.3 Å². The minimum Gasteiger partial charge on any atom is -0.389 e. The highest BCUT2D eigenvalue weighted by Gasteiger charge is 2.32. The van der Waals surface area contributed by atoms with Crippen LogP contribution in [0.2, 0.25) is 0 Å². The Hall–Kier alpha value is -3.52. The van der Waals surface area contributed by atoms with Gasteiger partial charge in [0.2, 0.25) is 0 Å². The van der Waals surface area contributed by atoms with Gasteiger partial charge in [0, 0.05) is 25.2 Å². The second-order valence-corrected chi connectivity index (χ2v) is 9.92. The molecule has 2 aromatic heterocycles. The van der Waals surface area contributed by atoms with Gasteiger partial charge in [0.15, 0.2) is 11.5 Å². The van der Waals surface area contributed by atoms with Crippen LogP contribution in [0.1, 0.15) is 55.6 Å². The van der Waals surface area contributed by atoms with Crippen molar-refractivity contribution >= 4 is 33.8 Å². The third-order valence-electron chi connectivity index (χ3n) is 6.25. The average molecular weight is 500 g/mol. The predicted octanol–water partition coefficient (Wildman–Crippen LogP) is 5.22. The number of hydrogen-bond donors (Lipinski definition) is 2. The van der Waals surface area contributed by atoms with Crippen LogP contribution in [-0.4, -0.2) is 33.8 Å². The number of hydrogen-bond acceptors (Lipinski definition) is 7. The molecule has 1 aliphatic carbocycles. The molecular weight excluding hydrogens is 472 g/mol. The monoisotopic (exact) mass is 499 g/mol. The summed E-state index contributed by atoms with van der Waals surface area (Å²) < 4.78 is 29.8. The molecule has 3 heterocycles. The largest absolute Gasteiger partial charge is 0.389 e. The van der Waals surface area contributed by atoms with E-state index in [0.29, 0.717) is 17.6 Å². The van der Waals surface area contributed by atoms with E-state index >= 15 is 0 Å². The fourth-order valence-corrected chi connectivity index (χ4v) is 5.12. The first-order chi connectivity index (χ1) is 16.9. The van der Waals surface area contributed by atoms with Crippen LogP contribution in [0.15, 0.2) is 24.4 Å². The van der Waals surface area contributed by atoms with Gasteiger partial charge in [-0.25, -0.2) is 23.7 Å². The highest BCUT2D eigenvalue weighted by atomic mass is 32.1. The number of nitrogens with two attached hydrogens (primary N) is 1. The van der Waals surface area contributed by atoms with Gasteiger partial charge in [-0.2, -0.15) is 5.10 Å². The van der Waals surface area contributed by atoms with E-state index < -0.39 is 17.5 Å². The van der Waals surface area contributed by atoms with Gasteiger partial charge in [-0.1, -0.05) is 18.3 Å². The molecule has 0 radical (unpaired) electrons. The molecule has 1 saturated heterocycles. The van der Waals surface area contributed by atoms with Gasteiger partial charge in [0.25, 0.3) is 5.91 Å². The van der Waals surface area contributed by atoms with Gasteiger partial charge >= 0.3 is 0 Å². The molecular formula is C24H27F2N7OS. The third-order valence-corrected chi connectivity index (χ3v) is 7.17. The van der Waals surface area contributed by atoms with E-state index in [9.17, 15) is 13.6 Å². The number of aromatic nitrogens is 3. The number of halogens is 2. The summed E-state index contributed by atoms with van der Waals surface area (Å²) in [6.07, 6.45) is 7.19. The van der Waals surface area contributed by atoms with Gasteiger partial charge < -0.3 is 16.0 Å². The number of carbonyl (C=O) groups is 1. The quantitative estimate of drug-likeness (QED) is 0.498. The Balaban J connectivity index is 0.00000141. The summed E-state index contributed by atoms with van der Waals surface area (Å²) in [4.78, 5) is 19.7. The van der Waals surface area contributed by atoms with Gasteiger partial charge in [-0.05, 0) is 56.2 Å². The van der Waals surface area contributed by atoms with Crippen molar-refractivity contribution in [2.75, 3.05) is 29.0 Å². The number of nitrogens with zero attached hydrogens (tertiary/aromatic N) is 5. The molecule has 35 heavy (non-hydrogen) atoms. The first-order valence-corrected chi connectivity index (χ1v) is 12.3. The van der Waals surface area contributed by atoms with Crippen LogP contribution >= 0.6 is 11.3 Å². The SMILES string of the molecule is C#N.C[C@@H]1CCCN(c2c(NC(=O)c3nc(-c4cc(F)ccc4F)sc3N)cnn2C2CC2)CC1. The van der Waals surface area contributed by atoms with Crippen LogP contribution in [-0.2, 0) is 0 Å². The van der Waals surface area contributed by atoms with E-state index in [1.165, 1.54) is 6.42 Å². The van der Waals surface area contributed by atoms with E-state index in [0.717, 1.165) is 74.1 Å². The standard InChI is InChI=1S/C23H26F2N6OS.CHN/c1-13-3-2-9-30(10-8-13)23-18(12-27-31(23)15-5-6-15)28-21(32)19-20(26)33-22(29-19)16-11-14(24)4-7-17(16)25;1-2/h4,7,11-13,15H,2-3,5-6,8-10,26H2,1H3,(H,28,32);1H/t13-;/m1./s1. The van der Waals surface area contributed by atoms with Crippen molar-refractivity contribution in [3.8, 4) is 17.1 Å². The Kier molecular flexibility index (Phi) is 7.31. The van der Waals surface area contributed by atoms with Crippen LogP contribution in [0.25, 0.3) is 10.6 Å². The molecule has 5 rings (SSSR count). The maximum absolute atomic E-state index is 14.2. The summed E-state index contributed by atoms with van der Waals surface area (Å²) in [5.41, 5.74) is 6.64. The van der Waals surface area contributed by atoms with Crippen molar-refractivity contribution in [1.29, 1.82) is 5.26 Å². The number of nitriles is 1. The van der Waals surface area contributed by atoms with E-state index in [4.69, 9.17) is 11.0 Å². The Morgan fingerprint density at radius 2 is 2.00 bits per heavy atom. The molecule has 0 spiro atoms. The zero-order valence-electron chi connectivity index (χ0n) is 19.4. The van der Waals surface area contributed by atoms with Gasteiger partial charge in [-0.15, -0.1) is 0 Å². The number of carbonyl (C=O) groups excluding carboxylic acids is 1. The molecule has 184 valence electrons. The maximum atomic E-state index is 14.2. The number of amides is 1. The highest BCUT2D eigenvalue weighted by Crippen LogP contribution is 2.41. The second kappa shape index (κ2) is 10.4. The Labute approximate surface area is 206 Å². The van der Waals surface area contributed by atoms with Gasteiger partial charge in [0.1, 0.15) is 27.3 Å². The fourth-order valence-electron chi connectivity index (χ4n) is 4.27. The minimum absolute atomic E-state index is 0.00623. The Morgan fingerprint density at radius 1 is 1.23 bits per heavy atom. The Bertz CT molecular complexity index is 1230. The maximum Gasteiger partial charge on any atom is 0.277 e. The lowest BCUT2D eigenvalue weighted by molar-refractivity contribution is 0.102. The number of nitrogen functional groups attached to an aromatic ring is 1. The van der Waals surface area contributed by atoms with E-state index in [-0.39, 0.29) is 21.3 Å². The normalized spacial score (nSPS) is 17.9. The molecule has 2 aliphatic rings. The van der Waals surface area contributed by atoms with Crippen molar-refractivity contribution in [2.24, 2.45) is 5.92 Å². The first kappa shape index (κ1) is 24.6. The summed E-state index contributed by atoms with van der Waals surface area (Å²) >= 11 is 0.952. The molecule has 3 N–H and O–H groups in total. The van der Waals surface area contributed by atoms with Gasteiger partial charge in [-0.3, -0.25) is 4.79 Å². The fraction of sp³-hybridized carbons (Fsp3) is 0.417. The predicted molar refractivity (Wildman–Crippen MR) is 132 cm³/mol. The summed E-state index contributed by atoms with van der Waals surface area (Å²) in [6, 6.07) is 3.47. The molecule has 1 aromatic carbocycles. The molecule has 1 amide bonds. The first-order valence-electron chi connectivity index (χ1n) is 11.5. The number of anilines is 3. The molecule has 1 saturated carbocycles. The van der Waals surface area contributed by atoms with Crippen LogP contribution in [0.3, 0.4) is 0 Å². The highest BCUT2D eigenvalue weighted by molar-refractivity contribution is 7.19. The smallest absolute Gasteiger partial charge is 0.277 e. The number of rotatable bonds is 5. The van der Waals surface area contributed by atoms with E-state index in [1.807, 2.05) is 4.68 Å². The number of thiazole rings is 1. The molecule has 0 bridgehead atoms. The zero-order chi connectivity index (χ0) is 25.1. The van der Waals surface area contributed by atoms with E-state index in [1.54, 1.807) is 6.20 Å². The molecule has 11 heteroatoms. The summed E-state index contributed by atoms with van der Waals surface area (Å²) in [5.74, 6) is -0.117. The van der Waals surface area contributed by atoms with Crippen molar-refractivity contribution in [3.63, 3.8) is 0 Å². The van der Waals surface area contributed by atoms with Crippen LogP contribution in [0, 0.1) is 29.4 Å². The molecule has 0 unspecified atom stereocenters. The molecule has 2 fully saturated rings. The average Bonchev–Trinajstić information content (AvgIpc) is 3.55.